The molecule has 0 unspecified atom stereocenters. The van der Waals surface area contributed by atoms with Gasteiger partial charge in [0.1, 0.15) is 5.82 Å². The standard InChI is InChI=1S/C13H10BrFOS/c1-8-6-17-7-12(8)13(16)4-9-2-10(14)5-11(15)3-9/h2-3,5-7H,4H2,1H3. The number of halogens is 2. The van der Waals surface area contributed by atoms with Gasteiger partial charge in [-0.15, -0.1) is 0 Å². The lowest BCUT2D eigenvalue weighted by molar-refractivity contribution is 0.0993. The van der Waals surface area contributed by atoms with E-state index in [4.69, 9.17) is 0 Å². The van der Waals surface area contributed by atoms with Crippen LogP contribution in [0, 0.1) is 12.7 Å². The van der Waals surface area contributed by atoms with Gasteiger partial charge in [0.15, 0.2) is 5.78 Å². The Labute approximate surface area is 111 Å². The molecule has 0 radical (unpaired) electrons. The first-order chi connectivity index (χ1) is 8.06. The van der Waals surface area contributed by atoms with Crippen LogP contribution in [-0.4, -0.2) is 5.78 Å². The van der Waals surface area contributed by atoms with E-state index in [1.54, 1.807) is 6.07 Å². The van der Waals surface area contributed by atoms with Gasteiger partial charge in [0.05, 0.1) is 0 Å². The van der Waals surface area contributed by atoms with Gasteiger partial charge in [-0.3, -0.25) is 4.79 Å². The van der Waals surface area contributed by atoms with Crippen molar-refractivity contribution in [1.82, 2.24) is 0 Å². The highest BCUT2D eigenvalue weighted by Crippen LogP contribution is 2.19. The maximum absolute atomic E-state index is 13.2. The summed E-state index contributed by atoms with van der Waals surface area (Å²) in [7, 11) is 0. The highest BCUT2D eigenvalue weighted by atomic mass is 79.9. The van der Waals surface area contributed by atoms with E-state index in [1.807, 2.05) is 17.7 Å². The number of rotatable bonds is 3. The molecule has 2 aromatic rings. The number of ketones is 1. The molecule has 0 bridgehead atoms. The molecule has 0 spiro atoms. The SMILES string of the molecule is Cc1cscc1C(=O)Cc1cc(F)cc(Br)c1. The van der Waals surface area contributed by atoms with Gasteiger partial charge in [-0.2, -0.15) is 11.3 Å². The molecule has 1 nitrogen and oxygen atoms in total. The fourth-order valence-electron chi connectivity index (χ4n) is 1.64. The minimum Gasteiger partial charge on any atom is -0.294 e. The number of thiophene rings is 1. The third kappa shape index (κ3) is 3.01. The smallest absolute Gasteiger partial charge is 0.168 e. The lowest BCUT2D eigenvalue weighted by Crippen LogP contribution is -2.04. The van der Waals surface area contributed by atoms with Crippen molar-refractivity contribution in [2.45, 2.75) is 13.3 Å². The van der Waals surface area contributed by atoms with Crippen LogP contribution in [0.1, 0.15) is 21.5 Å². The third-order valence-corrected chi connectivity index (χ3v) is 3.76. The number of hydrogen-bond acceptors (Lipinski definition) is 2. The number of carbonyl (C=O) groups excluding carboxylic acids is 1. The quantitative estimate of drug-likeness (QED) is 0.768. The lowest BCUT2D eigenvalue weighted by atomic mass is 10.0. The molecule has 1 aromatic carbocycles. The Kier molecular flexibility index (Phi) is 3.74. The summed E-state index contributed by atoms with van der Waals surface area (Å²) >= 11 is 4.72. The monoisotopic (exact) mass is 312 g/mol. The van der Waals surface area contributed by atoms with Crippen molar-refractivity contribution in [2.24, 2.45) is 0 Å². The van der Waals surface area contributed by atoms with Crippen molar-refractivity contribution in [2.75, 3.05) is 0 Å². The van der Waals surface area contributed by atoms with Gasteiger partial charge < -0.3 is 0 Å². The zero-order valence-electron chi connectivity index (χ0n) is 9.17. The number of Topliss-reactive ketones (excluding diaryl/α,β-unsaturated/α-hetero) is 1. The predicted molar refractivity (Wildman–Crippen MR) is 71.2 cm³/mol. The van der Waals surface area contributed by atoms with Gasteiger partial charge >= 0.3 is 0 Å². The second kappa shape index (κ2) is 5.10. The van der Waals surface area contributed by atoms with Gasteiger partial charge in [0, 0.05) is 21.8 Å². The highest BCUT2D eigenvalue weighted by Gasteiger charge is 2.11. The molecule has 0 saturated heterocycles. The first-order valence-electron chi connectivity index (χ1n) is 5.07. The third-order valence-electron chi connectivity index (χ3n) is 2.44. The van der Waals surface area contributed by atoms with Crippen molar-refractivity contribution < 1.29 is 9.18 Å². The minimum atomic E-state index is -0.329. The summed E-state index contributed by atoms with van der Waals surface area (Å²) in [6.07, 6.45) is 0.230. The Bertz CT molecular complexity index is 542. The average molecular weight is 313 g/mol. The van der Waals surface area contributed by atoms with E-state index >= 15 is 0 Å². The Morgan fingerprint density at radius 1 is 1.35 bits per heavy atom. The van der Waals surface area contributed by atoms with Crippen molar-refractivity contribution in [3.8, 4) is 0 Å². The van der Waals surface area contributed by atoms with E-state index in [0.717, 1.165) is 11.1 Å². The van der Waals surface area contributed by atoms with E-state index < -0.39 is 0 Å². The van der Waals surface area contributed by atoms with Gasteiger partial charge in [0.25, 0.3) is 0 Å². The Morgan fingerprint density at radius 2 is 2.12 bits per heavy atom. The molecule has 2 rings (SSSR count). The Hall–Kier alpha value is -1.00. The molecule has 0 aliphatic heterocycles. The van der Waals surface area contributed by atoms with E-state index in [2.05, 4.69) is 15.9 Å². The van der Waals surface area contributed by atoms with E-state index in [-0.39, 0.29) is 18.0 Å². The summed E-state index contributed by atoms with van der Waals surface area (Å²) in [5.41, 5.74) is 2.40. The molecule has 4 heteroatoms. The van der Waals surface area contributed by atoms with Gasteiger partial charge in [0.2, 0.25) is 0 Å². The maximum Gasteiger partial charge on any atom is 0.168 e. The van der Waals surface area contributed by atoms with Crippen molar-refractivity contribution in [3.63, 3.8) is 0 Å². The van der Waals surface area contributed by atoms with E-state index in [0.29, 0.717) is 10.0 Å². The van der Waals surface area contributed by atoms with Crippen LogP contribution < -0.4 is 0 Å². The van der Waals surface area contributed by atoms with Crippen molar-refractivity contribution in [3.05, 3.63) is 55.9 Å². The summed E-state index contributed by atoms with van der Waals surface area (Å²) in [5, 5.41) is 3.78. The van der Waals surface area contributed by atoms with E-state index in [1.165, 1.54) is 23.5 Å². The molecule has 0 atom stereocenters. The summed E-state index contributed by atoms with van der Waals surface area (Å²) < 4.78 is 13.8. The molecule has 17 heavy (non-hydrogen) atoms. The van der Waals surface area contributed by atoms with Crippen LogP contribution in [0.5, 0.6) is 0 Å². The van der Waals surface area contributed by atoms with Crippen LogP contribution in [0.3, 0.4) is 0 Å². The summed E-state index contributed by atoms with van der Waals surface area (Å²) in [5.74, 6) is -0.300. The Morgan fingerprint density at radius 3 is 2.71 bits per heavy atom. The van der Waals surface area contributed by atoms with Gasteiger partial charge in [-0.05, 0) is 41.6 Å². The maximum atomic E-state index is 13.2. The molecule has 0 fully saturated rings. The molecule has 0 aliphatic carbocycles. The fraction of sp³-hybridized carbons (Fsp3) is 0.154. The van der Waals surface area contributed by atoms with E-state index in [9.17, 15) is 9.18 Å². The van der Waals surface area contributed by atoms with Crippen molar-refractivity contribution >= 4 is 33.0 Å². The molecule has 0 amide bonds. The normalized spacial score (nSPS) is 10.5. The fourth-order valence-corrected chi connectivity index (χ4v) is 3.01. The number of hydrogen-bond donors (Lipinski definition) is 0. The average Bonchev–Trinajstić information content (AvgIpc) is 2.62. The van der Waals surface area contributed by atoms with Crippen LogP contribution >= 0.6 is 27.3 Å². The topological polar surface area (TPSA) is 17.1 Å². The first kappa shape index (κ1) is 12.5. The molecule has 1 aromatic heterocycles. The first-order valence-corrected chi connectivity index (χ1v) is 6.81. The molecule has 0 saturated carbocycles. The molecule has 0 N–H and O–H groups in total. The summed E-state index contributed by atoms with van der Waals surface area (Å²) in [4.78, 5) is 12.0. The predicted octanol–water partition coefficient (Wildman–Crippen LogP) is 4.38. The van der Waals surface area contributed by atoms with Crippen LogP contribution in [0.25, 0.3) is 0 Å². The summed E-state index contributed by atoms with van der Waals surface area (Å²) in [6, 6.07) is 4.54. The second-order valence-corrected chi connectivity index (χ2v) is 5.51. The number of aryl methyl sites for hydroxylation is 1. The minimum absolute atomic E-state index is 0.0289. The zero-order valence-corrected chi connectivity index (χ0v) is 11.6. The highest BCUT2D eigenvalue weighted by molar-refractivity contribution is 9.10. The van der Waals surface area contributed by atoms with Gasteiger partial charge in [-0.25, -0.2) is 4.39 Å². The zero-order chi connectivity index (χ0) is 12.4. The lowest BCUT2D eigenvalue weighted by Gasteiger charge is -2.02. The largest absolute Gasteiger partial charge is 0.294 e. The van der Waals surface area contributed by atoms with Crippen LogP contribution in [0.4, 0.5) is 4.39 Å². The van der Waals surface area contributed by atoms with Crippen molar-refractivity contribution in [1.29, 1.82) is 0 Å². The molecule has 0 aliphatic rings. The number of benzene rings is 1. The van der Waals surface area contributed by atoms with Crippen LogP contribution in [0.15, 0.2) is 33.4 Å². The van der Waals surface area contributed by atoms with Crippen LogP contribution in [0.2, 0.25) is 0 Å². The second-order valence-electron chi connectivity index (χ2n) is 3.85. The Balaban J connectivity index is 2.21. The summed E-state index contributed by atoms with van der Waals surface area (Å²) in [6.45, 7) is 1.91. The molecule has 88 valence electrons. The van der Waals surface area contributed by atoms with Gasteiger partial charge in [-0.1, -0.05) is 15.9 Å². The van der Waals surface area contributed by atoms with Crippen LogP contribution in [-0.2, 0) is 6.42 Å². The molecular weight excluding hydrogens is 303 g/mol. The number of carbonyl (C=O) groups is 1. The molecule has 1 heterocycles. The molecular formula is C13H10BrFOS.